The fraction of sp³-hybridized carbons (Fsp3) is 0.167. The zero-order valence-corrected chi connectivity index (χ0v) is 8.12. The normalized spacial score (nSPS) is 1.62. The molecule has 0 heterocycles. The molecule has 1 radical (unpaired) electrons. The first-order valence-corrected chi connectivity index (χ1v) is 0.836. The third-order valence-corrected chi connectivity index (χ3v) is 0. The van der Waals surface area contributed by atoms with Gasteiger partial charge in [-0.25, -0.2) is 6.21 Å². The van der Waals surface area contributed by atoms with Crippen LogP contribution < -0.4 is 0 Å². The predicted octanol–water partition coefficient (Wildman–Crippen LogP) is 2.45. The SMILES string of the molecule is CC=[N-].[CH3-].[CH3-].[CH3-].[CH3-].[Ru+5]. The minimum absolute atomic E-state index is 0. The van der Waals surface area contributed by atoms with Crippen molar-refractivity contribution in [2.24, 2.45) is 0 Å². The summed E-state index contributed by atoms with van der Waals surface area (Å²) < 4.78 is 0. The van der Waals surface area contributed by atoms with E-state index in [-0.39, 0.29) is 49.2 Å². The average Bonchev–Trinajstić information content (AvgIpc) is 0.918. The van der Waals surface area contributed by atoms with Crippen molar-refractivity contribution in [2.45, 2.75) is 6.92 Å². The van der Waals surface area contributed by atoms with Crippen molar-refractivity contribution in [3.8, 4) is 0 Å². The number of hydrogen-bond acceptors (Lipinski definition) is 0. The van der Waals surface area contributed by atoms with Crippen molar-refractivity contribution >= 4 is 6.21 Å². The summed E-state index contributed by atoms with van der Waals surface area (Å²) in [7, 11) is 0. The molecule has 0 rings (SSSR count). The molecule has 0 aliphatic rings. The first-order chi connectivity index (χ1) is 1.41. The molecule has 0 atom stereocenters. The molecule has 0 bridgehead atoms. The summed E-state index contributed by atoms with van der Waals surface area (Å²) in [6.45, 7) is 1.56. The summed E-state index contributed by atoms with van der Waals surface area (Å²) in [4.78, 5) is 0. The van der Waals surface area contributed by atoms with Crippen molar-refractivity contribution in [1.82, 2.24) is 0 Å². The van der Waals surface area contributed by atoms with Gasteiger partial charge in [0.2, 0.25) is 0 Å². The first kappa shape index (κ1) is 83.9. The zero-order chi connectivity index (χ0) is 2.71. The van der Waals surface area contributed by atoms with Crippen LogP contribution in [0.25, 0.3) is 5.41 Å². The van der Waals surface area contributed by atoms with Crippen LogP contribution in [0.5, 0.6) is 0 Å². The van der Waals surface area contributed by atoms with E-state index in [0.29, 0.717) is 0 Å². The van der Waals surface area contributed by atoms with Crippen LogP contribution >= 0.6 is 0 Å². The van der Waals surface area contributed by atoms with Crippen molar-refractivity contribution in [3.63, 3.8) is 0 Å². The summed E-state index contributed by atoms with van der Waals surface area (Å²) >= 11 is 0. The van der Waals surface area contributed by atoms with E-state index in [1.807, 2.05) is 0 Å². The van der Waals surface area contributed by atoms with Gasteiger partial charge >= 0.3 is 19.5 Å². The second kappa shape index (κ2) is 173. The molecule has 0 spiro atoms. The van der Waals surface area contributed by atoms with Crippen LogP contribution in [0.1, 0.15) is 6.92 Å². The Morgan fingerprint density at radius 2 is 1.00 bits per heavy atom. The van der Waals surface area contributed by atoms with Gasteiger partial charge in [0.25, 0.3) is 0 Å². The zero-order valence-electron chi connectivity index (χ0n) is 6.38. The van der Waals surface area contributed by atoms with E-state index in [9.17, 15) is 0 Å². The average molecular weight is 203 g/mol. The predicted molar refractivity (Wildman–Crippen MR) is 40.8 cm³/mol. The van der Waals surface area contributed by atoms with E-state index >= 15 is 0 Å². The van der Waals surface area contributed by atoms with Crippen LogP contribution in [0.3, 0.4) is 0 Å². The summed E-state index contributed by atoms with van der Waals surface area (Å²) in [6, 6.07) is 0. The molecule has 0 aromatic heterocycles. The maximum atomic E-state index is 7.44. The molecule has 0 saturated heterocycles. The Morgan fingerprint density at radius 1 is 1.00 bits per heavy atom. The fourth-order valence-electron chi connectivity index (χ4n) is 0. The summed E-state index contributed by atoms with van der Waals surface area (Å²) in [5.41, 5.74) is 0. The van der Waals surface area contributed by atoms with Gasteiger partial charge in [-0.15, -0.1) is 0 Å². The van der Waals surface area contributed by atoms with Gasteiger partial charge in [-0.2, -0.15) is 0 Å². The topological polar surface area (TPSA) is 22.3 Å². The standard InChI is InChI=1S/C2H4N.4CH3.Ru/c1-2-3;;;;;/h2H,1H3;4*1H3;/q5*-1;+5. The van der Waals surface area contributed by atoms with Crippen LogP contribution in [-0.2, 0) is 19.5 Å². The minimum Gasteiger partial charge on any atom is -0.814 e. The molecule has 2 heteroatoms. The second-order valence-corrected chi connectivity index (χ2v) is 0.258. The molecule has 0 saturated carbocycles. The Balaban J connectivity index is -0.00000000200. The molecule has 0 unspecified atom stereocenters. The van der Waals surface area contributed by atoms with E-state index in [2.05, 4.69) is 0 Å². The van der Waals surface area contributed by atoms with E-state index in [0.717, 1.165) is 6.21 Å². The van der Waals surface area contributed by atoms with E-state index < -0.39 is 0 Å². The molecule has 0 amide bonds. The van der Waals surface area contributed by atoms with Gasteiger partial charge in [0.1, 0.15) is 0 Å². The van der Waals surface area contributed by atoms with Crippen LogP contribution in [0.15, 0.2) is 0 Å². The van der Waals surface area contributed by atoms with Gasteiger partial charge in [0.15, 0.2) is 0 Å². The van der Waals surface area contributed by atoms with E-state index in [4.69, 9.17) is 5.41 Å². The molecule has 0 N–H and O–H groups in total. The van der Waals surface area contributed by atoms with Gasteiger partial charge in [-0.3, -0.25) is 0 Å². The summed E-state index contributed by atoms with van der Waals surface area (Å²) in [5, 5.41) is 7.44. The molecule has 53 valence electrons. The third kappa shape index (κ3) is 2050. The third-order valence-electron chi connectivity index (χ3n) is 0. The second-order valence-electron chi connectivity index (χ2n) is 0.258. The first-order valence-electron chi connectivity index (χ1n) is 0.836. The largest absolute Gasteiger partial charge is 5.00 e. The van der Waals surface area contributed by atoms with Crippen LogP contribution in [0.2, 0.25) is 0 Å². The van der Waals surface area contributed by atoms with E-state index in [1.165, 1.54) is 0 Å². The number of hydrogen-bond donors (Lipinski definition) is 0. The van der Waals surface area contributed by atoms with Gasteiger partial charge in [-0.1, -0.05) is 6.92 Å². The van der Waals surface area contributed by atoms with Crippen molar-refractivity contribution in [3.05, 3.63) is 35.1 Å². The van der Waals surface area contributed by atoms with Crippen LogP contribution in [0, 0.1) is 29.7 Å². The smallest absolute Gasteiger partial charge is 0.814 e. The molecule has 0 aliphatic carbocycles. The number of rotatable bonds is 0. The molecule has 1 nitrogen and oxygen atoms in total. The molecule has 8 heavy (non-hydrogen) atoms. The fourth-order valence-corrected chi connectivity index (χ4v) is 0. The Labute approximate surface area is 68.2 Å². The maximum Gasteiger partial charge on any atom is 5.00 e. The Hall–Kier alpha value is 0.293. The summed E-state index contributed by atoms with van der Waals surface area (Å²) in [5.74, 6) is 0. The molecule has 0 aromatic rings. The summed E-state index contributed by atoms with van der Waals surface area (Å²) in [6.07, 6.45) is 1.00. The van der Waals surface area contributed by atoms with Crippen LogP contribution in [-0.4, -0.2) is 6.21 Å². The maximum absolute atomic E-state index is 7.44. The van der Waals surface area contributed by atoms with Crippen molar-refractivity contribution < 1.29 is 19.5 Å². The van der Waals surface area contributed by atoms with Gasteiger partial charge in [0.05, 0.1) is 0 Å². The molecule has 0 aromatic carbocycles. The van der Waals surface area contributed by atoms with Crippen LogP contribution in [0.4, 0.5) is 0 Å². The Morgan fingerprint density at radius 3 is 1.00 bits per heavy atom. The van der Waals surface area contributed by atoms with E-state index in [1.54, 1.807) is 6.92 Å². The Kier molecular flexibility index (Phi) is 1810. The van der Waals surface area contributed by atoms with Gasteiger partial charge in [0, 0.05) is 0 Å². The van der Waals surface area contributed by atoms with Gasteiger partial charge < -0.3 is 35.1 Å². The minimum atomic E-state index is 0. The molecule has 0 aliphatic heterocycles. The monoisotopic (exact) mass is 204 g/mol. The quantitative estimate of drug-likeness (QED) is 0.328. The van der Waals surface area contributed by atoms with Gasteiger partial charge in [-0.05, 0) is 0 Å². The number of nitrogens with zero attached hydrogens (tertiary/aromatic N) is 1. The molecule has 0 fully saturated rings. The molecular weight excluding hydrogens is 187 g/mol. The molecular formula is C6H16NRu. The Bertz CT molecular complexity index is 16.0. The van der Waals surface area contributed by atoms with Crippen molar-refractivity contribution in [2.75, 3.05) is 0 Å². The van der Waals surface area contributed by atoms with Crippen molar-refractivity contribution in [1.29, 1.82) is 0 Å².